The van der Waals surface area contributed by atoms with Crippen LogP contribution in [0.1, 0.15) is 17.7 Å². The standard InChI is InChI=1S/C18H25N3O2/c1-14-15(6-4-8-19)16-5-2-3-7-17(16)21(14)13-18(22)20-9-11-23-12-10-20/h2-3,5,7H,4,6,8-13,19H2,1H3. The maximum atomic E-state index is 12.6. The molecule has 23 heavy (non-hydrogen) atoms. The lowest BCUT2D eigenvalue weighted by Gasteiger charge is -2.27. The smallest absolute Gasteiger partial charge is 0.242 e. The van der Waals surface area contributed by atoms with Crippen molar-refractivity contribution < 1.29 is 9.53 Å². The number of fused-ring (bicyclic) bond motifs is 1. The molecular weight excluding hydrogens is 290 g/mol. The summed E-state index contributed by atoms with van der Waals surface area (Å²) in [7, 11) is 0. The highest BCUT2D eigenvalue weighted by Gasteiger charge is 2.20. The summed E-state index contributed by atoms with van der Waals surface area (Å²) in [4.78, 5) is 14.5. The minimum Gasteiger partial charge on any atom is -0.378 e. The van der Waals surface area contributed by atoms with Gasteiger partial charge in [-0.15, -0.1) is 0 Å². The molecule has 1 aliphatic rings. The minimum absolute atomic E-state index is 0.169. The summed E-state index contributed by atoms with van der Waals surface area (Å²) in [6, 6.07) is 8.33. The molecule has 124 valence electrons. The fourth-order valence-corrected chi connectivity index (χ4v) is 3.35. The molecule has 0 aliphatic carbocycles. The number of amides is 1. The van der Waals surface area contributed by atoms with Gasteiger partial charge >= 0.3 is 0 Å². The van der Waals surface area contributed by atoms with Crippen molar-refractivity contribution in [3.63, 3.8) is 0 Å². The van der Waals surface area contributed by atoms with Crippen molar-refractivity contribution in [3.05, 3.63) is 35.5 Å². The van der Waals surface area contributed by atoms with Crippen LogP contribution in [0.5, 0.6) is 0 Å². The van der Waals surface area contributed by atoms with Crippen LogP contribution in [-0.2, 0) is 22.5 Å². The number of benzene rings is 1. The molecule has 1 aromatic carbocycles. The van der Waals surface area contributed by atoms with Crippen molar-refractivity contribution in [3.8, 4) is 0 Å². The highest BCUT2D eigenvalue weighted by molar-refractivity contribution is 5.87. The molecule has 0 saturated carbocycles. The third kappa shape index (κ3) is 3.26. The Morgan fingerprint density at radius 2 is 2.00 bits per heavy atom. The first-order valence-electron chi connectivity index (χ1n) is 8.34. The molecule has 1 amide bonds. The number of ether oxygens (including phenoxy) is 1. The van der Waals surface area contributed by atoms with Gasteiger partial charge in [0.1, 0.15) is 6.54 Å². The molecule has 2 aromatic rings. The molecule has 1 aromatic heterocycles. The van der Waals surface area contributed by atoms with Crippen molar-refractivity contribution >= 4 is 16.8 Å². The number of morpholine rings is 1. The van der Waals surface area contributed by atoms with E-state index in [9.17, 15) is 4.79 Å². The van der Waals surface area contributed by atoms with E-state index in [4.69, 9.17) is 10.5 Å². The molecule has 0 spiro atoms. The first-order chi connectivity index (χ1) is 11.2. The van der Waals surface area contributed by atoms with Gasteiger partial charge in [-0.1, -0.05) is 18.2 Å². The second-order valence-corrected chi connectivity index (χ2v) is 6.05. The van der Waals surface area contributed by atoms with Gasteiger partial charge in [0.05, 0.1) is 13.2 Å². The topological polar surface area (TPSA) is 60.5 Å². The third-order valence-electron chi connectivity index (χ3n) is 4.65. The third-order valence-corrected chi connectivity index (χ3v) is 4.65. The Morgan fingerprint density at radius 1 is 1.26 bits per heavy atom. The average molecular weight is 315 g/mol. The van der Waals surface area contributed by atoms with E-state index >= 15 is 0 Å². The number of aryl methyl sites for hydroxylation is 1. The number of aromatic nitrogens is 1. The van der Waals surface area contributed by atoms with Crippen LogP contribution in [0.3, 0.4) is 0 Å². The first kappa shape index (κ1) is 16.0. The van der Waals surface area contributed by atoms with Crippen molar-refractivity contribution in [2.75, 3.05) is 32.8 Å². The van der Waals surface area contributed by atoms with Crippen LogP contribution >= 0.6 is 0 Å². The Labute approximate surface area is 137 Å². The van der Waals surface area contributed by atoms with Crippen LogP contribution in [0.25, 0.3) is 10.9 Å². The van der Waals surface area contributed by atoms with Crippen molar-refractivity contribution in [2.24, 2.45) is 5.73 Å². The number of nitrogens with two attached hydrogens (primary N) is 1. The first-order valence-corrected chi connectivity index (χ1v) is 8.34. The van der Waals surface area contributed by atoms with E-state index in [1.54, 1.807) is 0 Å². The van der Waals surface area contributed by atoms with Crippen molar-refractivity contribution in [1.29, 1.82) is 0 Å². The fraction of sp³-hybridized carbons (Fsp3) is 0.500. The van der Waals surface area contributed by atoms with Crippen LogP contribution < -0.4 is 5.73 Å². The number of nitrogens with zero attached hydrogens (tertiary/aromatic N) is 2. The van der Waals surface area contributed by atoms with E-state index in [0.29, 0.717) is 39.4 Å². The Hall–Kier alpha value is -1.85. The van der Waals surface area contributed by atoms with E-state index in [1.807, 2.05) is 11.0 Å². The van der Waals surface area contributed by atoms with Crippen LogP contribution in [0, 0.1) is 6.92 Å². The van der Waals surface area contributed by atoms with Gasteiger partial charge in [0.2, 0.25) is 5.91 Å². The van der Waals surface area contributed by atoms with Crippen molar-refractivity contribution in [1.82, 2.24) is 9.47 Å². The van der Waals surface area contributed by atoms with Crippen LogP contribution in [0.4, 0.5) is 0 Å². The number of hydrogen-bond acceptors (Lipinski definition) is 3. The molecule has 0 unspecified atom stereocenters. The molecule has 0 radical (unpaired) electrons. The number of rotatable bonds is 5. The molecule has 1 fully saturated rings. The minimum atomic E-state index is 0.169. The summed E-state index contributed by atoms with van der Waals surface area (Å²) in [6.45, 7) is 5.85. The molecule has 5 nitrogen and oxygen atoms in total. The second kappa shape index (κ2) is 7.15. The van der Waals surface area contributed by atoms with Crippen LogP contribution in [-0.4, -0.2) is 48.2 Å². The van der Waals surface area contributed by atoms with Gasteiger partial charge in [-0.3, -0.25) is 4.79 Å². The molecule has 3 rings (SSSR count). The highest BCUT2D eigenvalue weighted by Crippen LogP contribution is 2.27. The lowest BCUT2D eigenvalue weighted by Crippen LogP contribution is -2.42. The number of carbonyl (C=O) groups is 1. The lowest BCUT2D eigenvalue weighted by molar-refractivity contribution is -0.135. The predicted molar refractivity (Wildman–Crippen MR) is 91.4 cm³/mol. The maximum absolute atomic E-state index is 12.6. The Bertz CT molecular complexity index is 687. The van der Waals surface area contributed by atoms with Gasteiger partial charge in [0.25, 0.3) is 0 Å². The number of hydrogen-bond donors (Lipinski definition) is 1. The van der Waals surface area contributed by atoms with Crippen LogP contribution in [0.15, 0.2) is 24.3 Å². The predicted octanol–water partition coefficient (Wildman–Crippen LogP) is 1.70. The van der Waals surface area contributed by atoms with Gasteiger partial charge < -0.3 is 19.9 Å². The SMILES string of the molecule is Cc1c(CCCN)c2ccccc2n1CC(=O)N1CCOCC1. The molecule has 1 aliphatic heterocycles. The van der Waals surface area contributed by atoms with Gasteiger partial charge in [0.15, 0.2) is 0 Å². The fourth-order valence-electron chi connectivity index (χ4n) is 3.35. The number of para-hydroxylation sites is 1. The molecule has 5 heteroatoms. The van der Waals surface area contributed by atoms with E-state index in [2.05, 4.69) is 29.7 Å². The van der Waals surface area contributed by atoms with E-state index in [0.717, 1.165) is 18.4 Å². The largest absolute Gasteiger partial charge is 0.378 e. The number of carbonyl (C=O) groups excluding carboxylic acids is 1. The van der Waals surface area contributed by atoms with Gasteiger partial charge in [-0.2, -0.15) is 0 Å². The normalized spacial score (nSPS) is 15.3. The summed E-state index contributed by atoms with van der Waals surface area (Å²) < 4.78 is 7.48. The zero-order chi connectivity index (χ0) is 16.2. The summed E-state index contributed by atoms with van der Waals surface area (Å²) >= 11 is 0. The Balaban J connectivity index is 1.90. The second-order valence-electron chi connectivity index (χ2n) is 6.05. The van der Waals surface area contributed by atoms with E-state index < -0.39 is 0 Å². The molecule has 0 bridgehead atoms. The lowest BCUT2D eigenvalue weighted by atomic mass is 10.1. The molecular formula is C18H25N3O2. The molecule has 0 atom stereocenters. The molecule has 2 N–H and O–H groups in total. The molecule has 2 heterocycles. The van der Waals surface area contributed by atoms with E-state index in [-0.39, 0.29) is 5.91 Å². The quantitative estimate of drug-likeness (QED) is 0.913. The van der Waals surface area contributed by atoms with Gasteiger partial charge in [0, 0.05) is 29.7 Å². The monoisotopic (exact) mass is 315 g/mol. The zero-order valence-electron chi connectivity index (χ0n) is 13.8. The zero-order valence-corrected chi connectivity index (χ0v) is 13.8. The summed E-state index contributed by atoms with van der Waals surface area (Å²) in [5, 5.41) is 1.24. The summed E-state index contributed by atoms with van der Waals surface area (Å²) in [5.41, 5.74) is 9.32. The molecule has 1 saturated heterocycles. The van der Waals surface area contributed by atoms with Gasteiger partial charge in [-0.25, -0.2) is 0 Å². The van der Waals surface area contributed by atoms with E-state index in [1.165, 1.54) is 16.6 Å². The Morgan fingerprint density at radius 3 is 2.74 bits per heavy atom. The Kier molecular flexibility index (Phi) is 4.98. The van der Waals surface area contributed by atoms with Gasteiger partial charge in [-0.05, 0) is 37.9 Å². The van der Waals surface area contributed by atoms with Crippen LogP contribution in [0.2, 0.25) is 0 Å². The summed E-state index contributed by atoms with van der Waals surface area (Å²) in [5.74, 6) is 0.169. The van der Waals surface area contributed by atoms with Crippen molar-refractivity contribution in [2.45, 2.75) is 26.3 Å². The summed E-state index contributed by atoms with van der Waals surface area (Å²) in [6.07, 6.45) is 1.92. The highest BCUT2D eigenvalue weighted by atomic mass is 16.5. The average Bonchev–Trinajstić information content (AvgIpc) is 2.86. The maximum Gasteiger partial charge on any atom is 0.242 e.